The normalized spacial score (nSPS) is 22.2. The van der Waals surface area contributed by atoms with Crippen molar-refractivity contribution in [2.24, 2.45) is 0 Å². The molecule has 0 unspecified atom stereocenters. The maximum Gasteiger partial charge on any atom is 0.263 e. The van der Waals surface area contributed by atoms with Gasteiger partial charge in [0.25, 0.3) is 5.91 Å². The van der Waals surface area contributed by atoms with Crippen LogP contribution in [0.25, 0.3) is 5.57 Å². The van der Waals surface area contributed by atoms with Gasteiger partial charge in [0.05, 0.1) is 0 Å². The SMILES string of the molecule is CC1(C)SCCN(S(=O)(=O)C2=CC=C(c3ccncc3)CC2=O)[C@@H]1C(=O)NO.Cl. The molecule has 0 bridgehead atoms. The maximum atomic E-state index is 13.2. The molecule has 1 aromatic heterocycles. The number of allylic oxidation sites excluding steroid dienone is 4. The van der Waals surface area contributed by atoms with Crippen LogP contribution in [-0.2, 0) is 19.6 Å². The van der Waals surface area contributed by atoms with Gasteiger partial charge in [0, 0.05) is 35.9 Å². The number of Topliss-reactive ketones (excluding diaryl/α,β-unsaturated/α-hetero) is 1. The Morgan fingerprint density at radius 2 is 1.97 bits per heavy atom. The Morgan fingerprint density at radius 1 is 1.31 bits per heavy atom. The van der Waals surface area contributed by atoms with Crippen LogP contribution in [0.3, 0.4) is 0 Å². The highest BCUT2D eigenvalue weighted by Crippen LogP contribution is 2.39. The molecule has 29 heavy (non-hydrogen) atoms. The molecule has 1 atom stereocenters. The van der Waals surface area contributed by atoms with Crippen LogP contribution in [0.2, 0.25) is 0 Å². The number of thioether (sulfide) groups is 1. The van der Waals surface area contributed by atoms with E-state index in [2.05, 4.69) is 4.98 Å². The second kappa shape index (κ2) is 8.97. The van der Waals surface area contributed by atoms with Crippen LogP contribution < -0.4 is 5.48 Å². The lowest BCUT2D eigenvalue weighted by Gasteiger charge is -2.43. The van der Waals surface area contributed by atoms with Crippen molar-refractivity contribution < 1.29 is 23.2 Å². The quantitative estimate of drug-likeness (QED) is 0.520. The van der Waals surface area contributed by atoms with Crippen molar-refractivity contribution in [3.63, 3.8) is 0 Å². The highest BCUT2D eigenvalue weighted by Gasteiger charge is 2.49. The van der Waals surface area contributed by atoms with Crippen LogP contribution in [0.15, 0.2) is 41.6 Å². The molecule has 1 aliphatic heterocycles. The third-order valence-electron chi connectivity index (χ3n) is 4.79. The predicted molar refractivity (Wildman–Crippen MR) is 113 cm³/mol. The van der Waals surface area contributed by atoms with Gasteiger partial charge in [-0.15, -0.1) is 12.4 Å². The number of pyridine rings is 1. The highest BCUT2D eigenvalue weighted by atomic mass is 35.5. The van der Waals surface area contributed by atoms with Gasteiger partial charge in [0.1, 0.15) is 10.9 Å². The van der Waals surface area contributed by atoms with E-state index in [0.29, 0.717) is 11.3 Å². The molecule has 0 spiro atoms. The number of rotatable bonds is 4. The number of nitrogens with one attached hydrogen (secondary N) is 1. The third kappa shape index (κ3) is 4.56. The molecule has 0 radical (unpaired) electrons. The first-order chi connectivity index (χ1) is 13.2. The summed E-state index contributed by atoms with van der Waals surface area (Å²) >= 11 is 1.44. The van der Waals surface area contributed by atoms with Crippen molar-refractivity contribution in [3.8, 4) is 0 Å². The Balaban J connectivity index is 0.00000300. The van der Waals surface area contributed by atoms with E-state index in [1.54, 1.807) is 49.9 Å². The van der Waals surface area contributed by atoms with E-state index in [0.717, 1.165) is 9.87 Å². The van der Waals surface area contributed by atoms with Gasteiger partial charge in [-0.25, -0.2) is 13.9 Å². The molecule has 2 aliphatic rings. The molecule has 2 heterocycles. The van der Waals surface area contributed by atoms with Gasteiger partial charge in [0.15, 0.2) is 5.78 Å². The molecule has 1 fully saturated rings. The minimum absolute atomic E-state index is 0. The summed E-state index contributed by atoms with van der Waals surface area (Å²) in [7, 11) is -4.21. The zero-order valence-electron chi connectivity index (χ0n) is 15.9. The summed E-state index contributed by atoms with van der Waals surface area (Å²) in [6.45, 7) is 3.54. The van der Waals surface area contributed by atoms with Gasteiger partial charge < -0.3 is 0 Å². The molecule has 0 aromatic carbocycles. The van der Waals surface area contributed by atoms with E-state index in [4.69, 9.17) is 5.21 Å². The molecule has 2 N–H and O–H groups in total. The number of hydrogen-bond donors (Lipinski definition) is 2. The van der Waals surface area contributed by atoms with E-state index in [1.807, 2.05) is 0 Å². The maximum absolute atomic E-state index is 13.2. The Morgan fingerprint density at radius 3 is 2.55 bits per heavy atom. The number of nitrogens with zero attached hydrogens (tertiary/aromatic N) is 2. The minimum atomic E-state index is -4.21. The summed E-state index contributed by atoms with van der Waals surface area (Å²) in [5.41, 5.74) is 3.05. The first-order valence-corrected chi connectivity index (χ1v) is 11.1. The van der Waals surface area contributed by atoms with E-state index in [1.165, 1.54) is 17.8 Å². The summed E-state index contributed by atoms with van der Waals surface area (Å²) in [5, 5.41) is 9.10. The number of aromatic nitrogens is 1. The number of carbonyl (C=O) groups is 2. The molecule has 1 aliphatic carbocycles. The summed E-state index contributed by atoms with van der Waals surface area (Å²) in [6, 6.07) is 2.36. The lowest BCUT2D eigenvalue weighted by atomic mass is 9.97. The molecule has 11 heteroatoms. The smallest absolute Gasteiger partial charge is 0.263 e. The molecule has 0 saturated carbocycles. The zero-order valence-corrected chi connectivity index (χ0v) is 18.3. The first kappa shape index (κ1) is 23.6. The fourth-order valence-electron chi connectivity index (χ4n) is 3.43. The molecular weight excluding hydrogens is 438 g/mol. The van der Waals surface area contributed by atoms with Gasteiger partial charge in [-0.05, 0) is 43.2 Å². The molecule has 1 amide bonds. The summed E-state index contributed by atoms with van der Waals surface area (Å²) in [5.74, 6) is -0.882. The van der Waals surface area contributed by atoms with Crippen LogP contribution in [0, 0.1) is 0 Å². The van der Waals surface area contributed by atoms with Crippen molar-refractivity contribution in [3.05, 3.63) is 47.1 Å². The van der Waals surface area contributed by atoms with Crippen molar-refractivity contribution in [2.75, 3.05) is 12.3 Å². The number of amides is 1. The standard InChI is InChI=1S/C18H21N3O5S2.ClH/c1-18(2)16(17(23)20-24)21(9-10-27-18)28(25,26)15-4-3-13(11-14(15)22)12-5-7-19-8-6-12;/h3-8,16,24H,9-11H2,1-2H3,(H,20,23);1H/t16-;/m1./s1. The highest BCUT2D eigenvalue weighted by molar-refractivity contribution is 8.01. The minimum Gasteiger partial charge on any atom is -0.293 e. The van der Waals surface area contributed by atoms with Crippen LogP contribution >= 0.6 is 24.2 Å². The van der Waals surface area contributed by atoms with Gasteiger partial charge in [-0.1, -0.05) is 6.08 Å². The Bertz CT molecular complexity index is 961. The average Bonchev–Trinajstić information content (AvgIpc) is 2.67. The van der Waals surface area contributed by atoms with Crippen LogP contribution in [0.5, 0.6) is 0 Å². The van der Waals surface area contributed by atoms with E-state index < -0.39 is 32.5 Å². The summed E-state index contributed by atoms with van der Waals surface area (Å²) in [6.07, 6.45) is 6.04. The van der Waals surface area contributed by atoms with Gasteiger partial charge >= 0.3 is 0 Å². The van der Waals surface area contributed by atoms with Crippen molar-refractivity contribution in [1.82, 2.24) is 14.8 Å². The summed E-state index contributed by atoms with van der Waals surface area (Å²) in [4.78, 5) is 28.5. The fourth-order valence-corrected chi connectivity index (χ4v) is 6.64. The van der Waals surface area contributed by atoms with Gasteiger partial charge in [-0.3, -0.25) is 19.8 Å². The van der Waals surface area contributed by atoms with Crippen LogP contribution in [0.1, 0.15) is 25.8 Å². The molecule has 158 valence electrons. The monoisotopic (exact) mass is 459 g/mol. The zero-order chi connectivity index (χ0) is 20.5. The van der Waals surface area contributed by atoms with E-state index in [-0.39, 0.29) is 30.3 Å². The lowest BCUT2D eigenvalue weighted by Crippen LogP contribution is -2.61. The van der Waals surface area contributed by atoms with E-state index in [9.17, 15) is 18.0 Å². The van der Waals surface area contributed by atoms with Crippen molar-refractivity contribution in [1.29, 1.82) is 0 Å². The number of sulfonamides is 1. The molecule has 1 aromatic rings. The number of hydrogen-bond acceptors (Lipinski definition) is 7. The number of carbonyl (C=O) groups excluding carboxylic acids is 2. The summed E-state index contributed by atoms with van der Waals surface area (Å²) < 4.78 is 26.7. The number of halogens is 1. The first-order valence-electron chi connectivity index (χ1n) is 8.62. The van der Waals surface area contributed by atoms with Crippen LogP contribution in [-0.4, -0.2) is 57.7 Å². The predicted octanol–water partition coefficient (Wildman–Crippen LogP) is 1.77. The molecular formula is C18H22ClN3O5S2. The second-order valence-electron chi connectivity index (χ2n) is 7.00. The lowest BCUT2D eigenvalue weighted by molar-refractivity contribution is -0.134. The Labute approximate surface area is 179 Å². The van der Waals surface area contributed by atoms with Gasteiger partial charge in [-0.2, -0.15) is 16.1 Å². The molecule has 1 saturated heterocycles. The van der Waals surface area contributed by atoms with E-state index >= 15 is 0 Å². The second-order valence-corrected chi connectivity index (χ2v) is 10.6. The van der Waals surface area contributed by atoms with Gasteiger partial charge in [0.2, 0.25) is 10.0 Å². The van der Waals surface area contributed by atoms with Crippen molar-refractivity contribution >= 4 is 51.5 Å². The average molecular weight is 460 g/mol. The van der Waals surface area contributed by atoms with Crippen molar-refractivity contribution in [2.45, 2.75) is 31.1 Å². The Hall–Kier alpha value is -1.72. The Kier molecular flexibility index (Phi) is 7.28. The molecule has 8 nitrogen and oxygen atoms in total. The third-order valence-corrected chi connectivity index (χ3v) is 8.07. The number of hydroxylamine groups is 1. The fraction of sp³-hybridized carbons (Fsp3) is 0.389. The largest absolute Gasteiger partial charge is 0.293 e. The molecule has 3 rings (SSSR count). The topological polar surface area (TPSA) is 117 Å². The number of ketones is 1. The van der Waals surface area contributed by atoms with Crippen LogP contribution in [0.4, 0.5) is 0 Å².